The topological polar surface area (TPSA) is 139 Å². The summed E-state index contributed by atoms with van der Waals surface area (Å²) in [7, 11) is 0. The Morgan fingerprint density at radius 1 is 1.05 bits per heavy atom. The molecule has 3 amide bonds. The van der Waals surface area contributed by atoms with E-state index in [1.807, 2.05) is 27.7 Å². The number of nitrogens with two attached hydrogens (primary N) is 1. The smallest absolute Gasteiger partial charge is 0.407 e. The van der Waals surface area contributed by atoms with Crippen LogP contribution in [0.15, 0.2) is 18.2 Å². The number of benzene rings is 1. The van der Waals surface area contributed by atoms with Crippen molar-refractivity contribution in [3.05, 3.63) is 35.1 Å². The van der Waals surface area contributed by atoms with Gasteiger partial charge in [0, 0.05) is 30.0 Å². The number of hydrogen-bond acceptors (Lipinski definition) is 5. The molecule has 4 rings (SSSR count). The third-order valence-electron chi connectivity index (χ3n) is 9.55. The number of nitrogens with zero attached hydrogens (tertiary/aromatic N) is 1. The Labute approximate surface area is 247 Å². The van der Waals surface area contributed by atoms with Gasteiger partial charge < -0.3 is 25.8 Å². The number of primary amides is 1. The van der Waals surface area contributed by atoms with Crippen molar-refractivity contribution in [2.75, 3.05) is 6.54 Å². The second-order valence-corrected chi connectivity index (χ2v) is 13.5. The molecular weight excluding hydrogens is 541 g/mol. The maximum atomic E-state index is 15.4. The van der Waals surface area contributed by atoms with E-state index in [1.54, 1.807) is 0 Å². The quantitative estimate of drug-likeness (QED) is 0.400. The highest BCUT2D eigenvalue weighted by Gasteiger charge is 2.52. The minimum Gasteiger partial charge on any atom is -0.478 e. The minimum atomic E-state index is -1.24. The molecule has 3 fully saturated rings. The van der Waals surface area contributed by atoms with Crippen molar-refractivity contribution < 1.29 is 33.4 Å². The van der Waals surface area contributed by atoms with Crippen LogP contribution in [0.25, 0.3) is 0 Å². The van der Waals surface area contributed by atoms with Crippen molar-refractivity contribution in [3.63, 3.8) is 0 Å². The zero-order valence-electron chi connectivity index (χ0n) is 25.2. The van der Waals surface area contributed by atoms with Crippen LogP contribution in [0.1, 0.15) is 107 Å². The van der Waals surface area contributed by atoms with Gasteiger partial charge in [0.2, 0.25) is 11.8 Å². The molecule has 0 radical (unpaired) electrons. The predicted molar refractivity (Wildman–Crippen MR) is 155 cm³/mol. The SMILES string of the molecule is CC(NC(=O)OC(C)(C)C)C1CCC(C(=O)N2CC(c3c(F)cccc3C(=O)O)[C@H](C3CCCCC3)[C@H]2C(N)=O)CC1. The van der Waals surface area contributed by atoms with E-state index in [2.05, 4.69) is 5.32 Å². The Hall–Kier alpha value is -3.17. The molecule has 3 aliphatic rings. The first-order chi connectivity index (χ1) is 19.8. The van der Waals surface area contributed by atoms with Crippen LogP contribution in [0.2, 0.25) is 0 Å². The zero-order valence-corrected chi connectivity index (χ0v) is 25.2. The van der Waals surface area contributed by atoms with Gasteiger partial charge in [-0.05, 0) is 83.3 Å². The molecule has 1 aromatic rings. The average Bonchev–Trinajstić information content (AvgIpc) is 3.32. The summed E-state index contributed by atoms with van der Waals surface area (Å²) in [6.45, 7) is 7.43. The number of carboxylic acids is 1. The van der Waals surface area contributed by atoms with Crippen LogP contribution >= 0.6 is 0 Å². The molecule has 2 unspecified atom stereocenters. The number of nitrogens with one attached hydrogen (secondary N) is 1. The van der Waals surface area contributed by atoms with Gasteiger partial charge in [0.25, 0.3) is 0 Å². The van der Waals surface area contributed by atoms with Crippen LogP contribution in [0.4, 0.5) is 9.18 Å². The van der Waals surface area contributed by atoms with Gasteiger partial charge in [0.1, 0.15) is 17.5 Å². The van der Waals surface area contributed by atoms with E-state index in [9.17, 15) is 24.3 Å². The monoisotopic (exact) mass is 587 g/mol. The van der Waals surface area contributed by atoms with E-state index in [4.69, 9.17) is 10.5 Å². The molecule has 1 aliphatic heterocycles. The minimum absolute atomic E-state index is 0.0378. The number of hydrogen-bond donors (Lipinski definition) is 3. The Morgan fingerprint density at radius 2 is 1.69 bits per heavy atom. The second-order valence-electron chi connectivity index (χ2n) is 13.5. The lowest BCUT2D eigenvalue weighted by Gasteiger charge is -2.37. The highest BCUT2D eigenvalue weighted by molar-refractivity contribution is 5.91. The number of carbonyl (C=O) groups is 4. The predicted octanol–water partition coefficient (Wildman–Crippen LogP) is 5.22. The van der Waals surface area contributed by atoms with E-state index in [1.165, 1.54) is 23.1 Å². The molecule has 4 atom stereocenters. The van der Waals surface area contributed by atoms with Crippen LogP contribution in [-0.4, -0.2) is 58.1 Å². The highest BCUT2D eigenvalue weighted by Crippen LogP contribution is 2.48. The third-order valence-corrected chi connectivity index (χ3v) is 9.55. The maximum Gasteiger partial charge on any atom is 0.407 e. The summed E-state index contributed by atoms with van der Waals surface area (Å²) in [5, 5.41) is 12.8. The number of rotatable bonds is 7. The van der Waals surface area contributed by atoms with Gasteiger partial charge in [-0.1, -0.05) is 38.2 Å². The van der Waals surface area contributed by atoms with E-state index in [0.717, 1.165) is 32.1 Å². The van der Waals surface area contributed by atoms with Crippen molar-refractivity contribution >= 4 is 23.9 Å². The summed E-state index contributed by atoms with van der Waals surface area (Å²) in [4.78, 5) is 53.0. The summed E-state index contributed by atoms with van der Waals surface area (Å²) in [5.74, 6) is -3.89. The van der Waals surface area contributed by atoms with Gasteiger partial charge in [-0.3, -0.25) is 9.59 Å². The van der Waals surface area contributed by atoms with Gasteiger partial charge >= 0.3 is 12.1 Å². The van der Waals surface area contributed by atoms with Crippen molar-refractivity contribution in [2.45, 2.75) is 109 Å². The van der Waals surface area contributed by atoms with E-state index >= 15 is 4.39 Å². The highest BCUT2D eigenvalue weighted by atomic mass is 19.1. The molecule has 42 heavy (non-hydrogen) atoms. The summed E-state index contributed by atoms with van der Waals surface area (Å²) in [6.07, 6.45) is 6.81. The summed E-state index contributed by atoms with van der Waals surface area (Å²) in [5.41, 5.74) is 5.32. The molecule has 4 N–H and O–H groups in total. The van der Waals surface area contributed by atoms with Gasteiger partial charge in [-0.25, -0.2) is 14.0 Å². The number of ether oxygens (including phenoxy) is 1. The van der Waals surface area contributed by atoms with Crippen LogP contribution in [0.5, 0.6) is 0 Å². The number of aromatic carboxylic acids is 1. The van der Waals surface area contributed by atoms with Crippen LogP contribution in [0, 0.1) is 29.5 Å². The van der Waals surface area contributed by atoms with E-state index in [-0.39, 0.29) is 47.4 Å². The summed E-state index contributed by atoms with van der Waals surface area (Å²) < 4.78 is 20.8. The number of amides is 3. The average molecular weight is 588 g/mol. The first kappa shape index (κ1) is 31.8. The normalized spacial score (nSPS) is 27.7. The van der Waals surface area contributed by atoms with Gasteiger partial charge in [0.15, 0.2) is 0 Å². The Balaban J connectivity index is 1.55. The lowest BCUT2D eigenvalue weighted by Crippen LogP contribution is -2.50. The molecule has 1 saturated heterocycles. The molecule has 9 nitrogen and oxygen atoms in total. The number of likely N-dealkylation sites (tertiary alicyclic amines) is 1. The second kappa shape index (κ2) is 13.0. The Morgan fingerprint density at radius 3 is 2.26 bits per heavy atom. The lowest BCUT2D eigenvalue weighted by molar-refractivity contribution is -0.143. The molecular formula is C32H46FN3O6. The van der Waals surface area contributed by atoms with Crippen molar-refractivity contribution in [3.8, 4) is 0 Å². The molecule has 232 valence electrons. The number of halogens is 1. The fourth-order valence-corrected chi connectivity index (χ4v) is 7.65. The van der Waals surface area contributed by atoms with Gasteiger partial charge in [-0.15, -0.1) is 0 Å². The molecule has 2 saturated carbocycles. The lowest BCUT2D eigenvalue weighted by atomic mass is 9.70. The molecule has 1 aromatic carbocycles. The first-order valence-electron chi connectivity index (χ1n) is 15.4. The Bertz CT molecular complexity index is 1170. The fraction of sp³-hybridized carbons (Fsp3) is 0.688. The standard InChI is InChI=1S/C32H46FN3O6/c1-18(35-31(41)42-32(2,3)4)19-13-15-21(16-14-19)29(38)36-17-23(26-22(30(39)40)11-8-12-24(26)33)25(27(36)28(34)37)20-9-6-5-7-10-20/h8,11-12,18-21,23,25,27H,5-7,9-10,13-17H2,1-4H3,(H2,34,37)(H,35,41)(H,39,40)/t18?,19?,21?,23?,25-,27-/m0/s1. The Kier molecular flexibility index (Phi) is 9.83. The summed E-state index contributed by atoms with van der Waals surface area (Å²) >= 11 is 0. The molecule has 2 aliphatic carbocycles. The van der Waals surface area contributed by atoms with Crippen molar-refractivity contribution in [2.24, 2.45) is 29.4 Å². The van der Waals surface area contributed by atoms with E-state index < -0.39 is 47.3 Å². The third kappa shape index (κ3) is 7.06. The number of alkyl carbamates (subject to hydrolysis) is 1. The number of carboxylic acid groups (broad SMARTS) is 1. The molecule has 1 heterocycles. The summed E-state index contributed by atoms with van der Waals surface area (Å²) in [6, 6.07) is 2.96. The molecule has 10 heteroatoms. The van der Waals surface area contributed by atoms with Crippen LogP contribution < -0.4 is 11.1 Å². The molecule has 0 aromatic heterocycles. The number of carbonyl (C=O) groups excluding carboxylic acids is 3. The van der Waals surface area contributed by atoms with Crippen LogP contribution in [-0.2, 0) is 14.3 Å². The van der Waals surface area contributed by atoms with Crippen LogP contribution in [0.3, 0.4) is 0 Å². The maximum absolute atomic E-state index is 15.4. The van der Waals surface area contributed by atoms with Gasteiger partial charge in [0.05, 0.1) is 5.56 Å². The van der Waals surface area contributed by atoms with Crippen molar-refractivity contribution in [1.29, 1.82) is 0 Å². The molecule has 0 bridgehead atoms. The zero-order chi connectivity index (χ0) is 30.8. The van der Waals surface area contributed by atoms with Gasteiger partial charge in [-0.2, -0.15) is 0 Å². The molecule has 0 spiro atoms. The fourth-order valence-electron chi connectivity index (χ4n) is 7.65. The largest absolute Gasteiger partial charge is 0.478 e. The van der Waals surface area contributed by atoms with E-state index in [0.29, 0.717) is 25.7 Å². The first-order valence-corrected chi connectivity index (χ1v) is 15.4. The van der Waals surface area contributed by atoms with Crippen molar-refractivity contribution in [1.82, 2.24) is 10.2 Å².